The Morgan fingerprint density at radius 1 is 1.21 bits per heavy atom. The summed E-state index contributed by atoms with van der Waals surface area (Å²) in [5.41, 5.74) is 3.43. The van der Waals surface area contributed by atoms with E-state index in [4.69, 9.17) is 5.26 Å². The SMILES string of the molecule is Cc1cccc(NC(=O)CNC(=O)C2CCN(c3ccc(C#N)cn3)CC2)c1C. The van der Waals surface area contributed by atoms with Crippen molar-refractivity contribution in [3.63, 3.8) is 0 Å². The van der Waals surface area contributed by atoms with E-state index in [2.05, 4.69) is 26.6 Å². The average molecular weight is 391 g/mol. The predicted molar refractivity (Wildman–Crippen MR) is 111 cm³/mol. The largest absolute Gasteiger partial charge is 0.357 e. The molecule has 1 fully saturated rings. The molecule has 7 nitrogen and oxygen atoms in total. The van der Waals surface area contributed by atoms with Gasteiger partial charge in [0.25, 0.3) is 0 Å². The first kappa shape index (κ1) is 20.3. The second-order valence-corrected chi connectivity index (χ2v) is 7.29. The standard InChI is InChI=1S/C22H25N5O2/c1-15-4-3-5-19(16(15)2)26-21(28)14-25-22(29)18-8-10-27(11-9-18)20-7-6-17(12-23)13-24-20/h3-7,13,18H,8-11,14H2,1-2H3,(H,25,29)(H,26,28). The molecule has 0 spiro atoms. The summed E-state index contributed by atoms with van der Waals surface area (Å²) in [5, 5.41) is 14.5. The topological polar surface area (TPSA) is 98.1 Å². The number of hydrogen-bond acceptors (Lipinski definition) is 5. The number of rotatable bonds is 5. The van der Waals surface area contributed by atoms with E-state index < -0.39 is 0 Å². The molecule has 1 saturated heterocycles. The number of carbonyl (C=O) groups is 2. The van der Waals surface area contributed by atoms with Crippen LogP contribution < -0.4 is 15.5 Å². The zero-order chi connectivity index (χ0) is 20.8. The van der Waals surface area contributed by atoms with Crippen LogP contribution in [0.5, 0.6) is 0 Å². The molecule has 0 unspecified atom stereocenters. The van der Waals surface area contributed by atoms with Gasteiger partial charge in [0.1, 0.15) is 11.9 Å². The Kier molecular flexibility index (Phi) is 6.45. The average Bonchev–Trinajstić information content (AvgIpc) is 2.75. The first-order valence-electron chi connectivity index (χ1n) is 9.73. The van der Waals surface area contributed by atoms with E-state index in [1.54, 1.807) is 12.3 Å². The van der Waals surface area contributed by atoms with Gasteiger partial charge in [-0.1, -0.05) is 12.1 Å². The van der Waals surface area contributed by atoms with Gasteiger partial charge >= 0.3 is 0 Å². The van der Waals surface area contributed by atoms with Crippen molar-refractivity contribution in [2.45, 2.75) is 26.7 Å². The summed E-state index contributed by atoms with van der Waals surface area (Å²) < 4.78 is 0. The molecule has 150 valence electrons. The molecule has 2 N–H and O–H groups in total. The Morgan fingerprint density at radius 2 is 1.97 bits per heavy atom. The van der Waals surface area contributed by atoms with Crippen LogP contribution in [0.3, 0.4) is 0 Å². The van der Waals surface area contributed by atoms with Crippen LogP contribution in [0.2, 0.25) is 0 Å². The third-order valence-corrected chi connectivity index (χ3v) is 5.37. The van der Waals surface area contributed by atoms with Crippen molar-refractivity contribution in [2.24, 2.45) is 5.92 Å². The van der Waals surface area contributed by atoms with Crippen LogP contribution in [-0.2, 0) is 9.59 Å². The Morgan fingerprint density at radius 3 is 2.62 bits per heavy atom. The molecule has 0 atom stereocenters. The number of pyridine rings is 1. The highest BCUT2D eigenvalue weighted by Gasteiger charge is 2.25. The third kappa shape index (κ3) is 5.11. The quantitative estimate of drug-likeness (QED) is 0.816. The first-order chi connectivity index (χ1) is 14.0. The number of benzene rings is 1. The van der Waals surface area contributed by atoms with Gasteiger partial charge in [0, 0.05) is 30.9 Å². The van der Waals surface area contributed by atoms with Crippen LogP contribution in [0, 0.1) is 31.1 Å². The maximum Gasteiger partial charge on any atom is 0.243 e. The molecule has 3 rings (SSSR count). The number of anilines is 2. The Balaban J connectivity index is 1.45. The van der Waals surface area contributed by atoms with Gasteiger partial charge in [-0.15, -0.1) is 0 Å². The number of aryl methyl sites for hydroxylation is 1. The fourth-order valence-electron chi connectivity index (χ4n) is 3.40. The lowest BCUT2D eigenvalue weighted by molar-refractivity contribution is -0.127. The molecular weight excluding hydrogens is 366 g/mol. The molecule has 1 aromatic carbocycles. The van der Waals surface area contributed by atoms with Gasteiger partial charge in [-0.3, -0.25) is 9.59 Å². The van der Waals surface area contributed by atoms with Gasteiger partial charge in [-0.25, -0.2) is 4.98 Å². The molecule has 29 heavy (non-hydrogen) atoms. The zero-order valence-corrected chi connectivity index (χ0v) is 16.7. The summed E-state index contributed by atoms with van der Waals surface area (Å²) in [6, 6.07) is 11.4. The molecule has 2 aromatic rings. The smallest absolute Gasteiger partial charge is 0.243 e. The van der Waals surface area contributed by atoms with E-state index in [1.165, 1.54) is 0 Å². The van der Waals surface area contributed by atoms with Crippen molar-refractivity contribution in [3.8, 4) is 6.07 Å². The number of nitrogens with one attached hydrogen (secondary N) is 2. The van der Waals surface area contributed by atoms with Gasteiger partial charge in [-0.2, -0.15) is 5.26 Å². The molecule has 1 aliphatic rings. The second-order valence-electron chi connectivity index (χ2n) is 7.29. The lowest BCUT2D eigenvalue weighted by Crippen LogP contribution is -2.42. The highest BCUT2D eigenvalue weighted by molar-refractivity contribution is 5.95. The fraction of sp³-hybridized carbons (Fsp3) is 0.364. The number of aromatic nitrogens is 1. The summed E-state index contributed by atoms with van der Waals surface area (Å²) in [4.78, 5) is 31.0. The van der Waals surface area contributed by atoms with Crippen molar-refractivity contribution >= 4 is 23.3 Å². The zero-order valence-electron chi connectivity index (χ0n) is 16.7. The van der Waals surface area contributed by atoms with Crippen LogP contribution in [0.25, 0.3) is 0 Å². The molecule has 1 aromatic heterocycles. The number of nitrogens with zero attached hydrogens (tertiary/aromatic N) is 3. The first-order valence-corrected chi connectivity index (χ1v) is 9.73. The third-order valence-electron chi connectivity index (χ3n) is 5.37. The van der Waals surface area contributed by atoms with Crippen molar-refractivity contribution in [2.75, 3.05) is 29.9 Å². The van der Waals surface area contributed by atoms with Crippen LogP contribution in [0.15, 0.2) is 36.5 Å². The summed E-state index contributed by atoms with van der Waals surface area (Å²) >= 11 is 0. The molecule has 0 bridgehead atoms. The van der Waals surface area contributed by atoms with Gasteiger partial charge in [-0.05, 0) is 56.0 Å². The minimum absolute atomic E-state index is 0.0381. The normalized spacial score (nSPS) is 14.2. The summed E-state index contributed by atoms with van der Waals surface area (Å²) in [7, 11) is 0. The van der Waals surface area contributed by atoms with E-state index in [-0.39, 0.29) is 24.3 Å². The number of hydrogen-bond donors (Lipinski definition) is 2. The van der Waals surface area contributed by atoms with E-state index in [1.807, 2.05) is 38.1 Å². The van der Waals surface area contributed by atoms with E-state index >= 15 is 0 Å². The Bertz CT molecular complexity index is 925. The highest BCUT2D eigenvalue weighted by Crippen LogP contribution is 2.22. The number of piperidine rings is 1. The van der Waals surface area contributed by atoms with E-state index in [0.29, 0.717) is 31.5 Å². The van der Waals surface area contributed by atoms with Gasteiger partial charge in [0.15, 0.2) is 0 Å². The lowest BCUT2D eigenvalue weighted by atomic mass is 9.96. The molecule has 0 aliphatic carbocycles. The van der Waals surface area contributed by atoms with Gasteiger partial charge in [0.05, 0.1) is 12.1 Å². The molecule has 2 amide bonds. The Hall–Kier alpha value is -3.40. The highest BCUT2D eigenvalue weighted by atomic mass is 16.2. The van der Waals surface area contributed by atoms with Gasteiger partial charge in [0.2, 0.25) is 11.8 Å². The summed E-state index contributed by atoms with van der Waals surface area (Å²) in [5.74, 6) is 0.383. The molecule has 1 aliphatic heterocycles. The Labute approximate surface area is 170 Å². The maximum absolute atomic E-state index is 12.4. The molecule has 0 radical (unpaired) electrons. The summed E-state index contributed by atoms with van der Waals surface area (Å²) in [6.45, 7) is 5.34. The van der Waals surface area contributed by atoms with Crippen molar-refractivity contribution in [1.82, 2.24) is 10.3 Å². The molecule has 2 heterocycles. The number of nitriles is 1. The van der Waals surface area contributed by atoms with Gasteiger partial charge < -0.3 is 15.5 Å². The monoisotopic (exact) mass is 391 g/mol. The fourth-order valence-corrected chi connectivity index (χ4v) is 3.40. The van der Waals surface area contributed by atoms with Crippen LogP contribution in [-0.4, -0.2) is 36.4 Å². The minimum atomic E-state index is -0.230. The van der Waals surface area contributed by atoms with Crippen molar-refractivity contribution < 1.29 is 9.59 Å². The molecular formula is C22H25N5O2. The van der Waals surface area contributed by atoms with Crippen LogP contribution >= 0.6 is 0 Å². The van der Waals surface area contributed by atoms with Crippen molar-refractivity contribution in [1.29, 1.82) is 5.26 Å². The number of amides is 2. The summed E-state index contributed by atoms with van der Waals surface area (Å²) in [6.07, 6.45) is 2.96. The van der Waals surface area contributed by atoms with E-state index in [0.717, 1.165) is 22.6 Å². The maximum atomic E-state index is 12.4. The van der Waals surface area contributed by atoms with Crippen LogP contribution in [0.4, 0.5) is 11.5 Å². The molecule has 0 saturated carbocycles. The van der Waals surface area contributed by atoms with Crippen molar-refractivity contribution in [3.05, 3.63) is 53.2 Å². The van der Waals surface area contributed by atoms with Crippen LogP contribution in [0.1, 0.15) is 29.5 Å². The number of carbonyl (C=O) groups excluding carboxylic acids is 2. The van der Waals surface area contributed by atoms with E-state index in [9.17, 15) is 9.59 Å². The minimum Gasteiger partial charge on any atom is -0.357 e. The second kappa shape index (κ2) is 9.20. The predicted octanol–water partition coefficient (Wildman–Crippen LogP) is 2.54. The lowest BCUT2D eigenvalue weighted by Gasteiger charge is -2.32. The molecule has 7 heteroatoms.